The Morgan fingerprint density at radius 1 is 1.35 bits per heavy atom. The molecule has 0 saturated carbocycles. The third-order valence-corrected chi connectivity index (χ3v) is 3.14. The molecular formula is C14H18N4O2. The first-order chi connectivity index (χ1) is 9.63. The number of aromatic nitrogens is 1. The lowest BCUT2D eigenvalue weighted by molar-refractivity contribution is -0.383. The van der Waals surface area contributed by atoms with Gasteiger partial charge < -0.3 is 10.6 Å². The Balaban J connectivity index is 2.31. The predicted octanol–water partition coefficient (Wildman–Crippen LogP) is 2.41. The summed E-state index contributed by atoms with van der Waals surface area (Å²) in [5, 5.41) is 18.2. The summed E-state index contributed by atoms with van der Waals surface area (Å²) in [6.07, 6.45) is 1.60. The van der Waals surface area contributed by atoms with Crippen LogP contribution in [0.15, 0.2) is 30.5 Å². The van der Waals surface area contributed by atoms with Crippen LogP contribution < -0.4 is 10.6 Å². The number of nitro benzene ring substituents is 1. The van der Waals surface area contributed by atoms with E-state index in [0.29, 0.717) is 11.4 Å². The number of nitrogens with one attached hydrogen (secondary N) is 2. The molecule has 0 saturated heterocycles. The van der Waals surface area contributed by atoms with Crippen LogP contribution in [0.3, 0.4) is 0 Å². The van der Waals surface area contributed by atoms with Gasteiger partial charge in [0.15, 0.2) is 0 Å². The molecule has 0 bridgehead atoms. The van der Waals surface area contributed by atoms with Crippen LogP contribution in [-0.2, 0) is 0 Å². The lowest BCUT2D eigenvalue weighted by Gasteiger charge is -2.14. The molecule has 0 spiro atoms. The molecule has 1 atom stereocenters. The van der Waals surface area contributed by atoms with Gasteiger partial charge in [0.2, 0.25) is 0 Å². The van der Waals surface area contributed by atoms with Crippen LogP contribution in [0.1, 0.15) is 6.92 Å². The Morgan fingerprint density at radius 2 is 2.15 bits per heavy atom. The third-order valence-electron chi connectivity index (χ3n) is 3.14. The van der Waals surface area contributed by atoms with Crippen molar-refractivity contribution in [2.24, 2.45) is 5.92 Å². The largest absolute Gasteiger partial charge is 0.384 e. The summed E-state index contributed by atoms with van der Waals surface area (Å²) in [7, 11) is 1.92. The number of hydrogen-bond acceptors (Lipinski definition) is 5. The molecule has 20 heavy (non-hydrogen) atoms. The minimum absolute atomic E-state index is 0.0365. The first kappa shape index (κ1) is 14.2. The third kappa shape index (κ3) is 3.03. The highest BCUT2D eigenvalue weighted by Gasteiger charge is 2.14. The molecule has 0 aliphatic heterocycles. The molecule has 0 aliphatic carbocycles. The summed E-state index contributed by atoms with van der Waals surface area (Å²) < 4.78 is 0. The van der Waals surface area contributed by atoms with Crippen LogP contribution in [0.4, 0.5) is 11.4 Å². The number of benzene rings is 1. The van der Waals surface area contributed by atoms with Gasteiger partial charge in [0.1, 0.15) is 5.52 Å². The van der Waals surface area contributed by atoms with Crippen molar-refractivity contribution in [3.63, 3.8) is 0 Å². The summed E-state index contributed by atoms with van der Waals surface area (Å²) in [6.45, 7) is 3.84. The number of rotatable bonds is 6. The molecule has 0 amide bonds. The fourth-order valence-electron chi connectivity index (χ4n) is 2.17. The summed E-state index contributed by atoms with van der Waals surface area (Å²) in [6, 6.07) is 6.85. The van der Waals surface area contributed by atoms with E-state index in [9.17, 15) is 10.1 Å². The van der Waals surface area contributed by atoms with Gasteiger partial charge in [-0.05, 0) is 25.6 Å². The Labute approximate surface area is 117 Å². The molecule has 0 fully saturated rings. The van der Waals surface area contributed by atoms with Crippen LogP contribution in [0, 0.1) is 16.0 Å². The van der Waals surface area contributed by atoms with Crippen molar-refractivity contribution in [2.45, 2.75) is 6.92 Å². The highest BCUT2D eigenvalue weighted by molar-refractivity contribution is 5.96. The van der Waals surface area contributed by atoms with E-state index in [0.717, 1.165) is 24.2 Å². The van der Waals surface area contributed by atoms with Gasteiger partial charge >= 0.3 is 0 Å². The second kappa shape index (κ2) is 6.29. The van der Waals surface area contributed by atoms with E-state index >= 15 is 0 Å². The van der Waals surface area contributed by atoms with Crippen LogP contribution >= 0.6 is 0 Å². The summed E-state index contributed by atoms with van der Waals surface area (Å²) in [4.78, 5) is 14.7. The van der Waals surface area contributed by atoms with Gasteiger partial charge in [-0.25, -0.2) is 4.98 Å². The van der Waals surface area contributed by atoms with E-state index in [1.54, 1.807) is 12.3 Å². The maximum Gasteiger partial charge on any atom is 0.295 e. The Morgan fingerprint density at radius 3 is 2.85 bits per heavy atom. The molecule has 1 heterocycles. The van der Waals surface area contributed by atoms with Gasteiger partial charge in [-0.3, -0.25) is 10.1 Å². The molecule has 1 unspecified atom stereocenters. The minimum atomic E-state index is -0.400. The first-order valence-corrected chi connectivity index (χ1v) is 6.54. The fourth-order valence-corrected chi connectivity index (χ4v) is 2.17. The van der Waals surface area contributed by atoms with Gasteiger partial charge in [-0.1, -0.05) is 19.1 Å². The Hall–Kier alpha value is -2.21. The molecular weight excluding hydrogens is 256 g/mol. The van der Waals surface area contributed by atoms with Crippen molar-refractivity contribution < 1.29 is 4.92 Å². The summed E-state index contributed by atoms with van der Waals surface area (Å²) in [5.74, 6) is 0.460. The van der Waals surface area contributed by atoms with Crippen LogP contribution in [0.5, 0.6) is 0 Å². The number of fused-ring (bicyclic) bond motifs is 1. The van der Waals surface area contributed by atoms with Crippen molar-refractivity contribution in [3.05, 3.63) is 40.6 Å². The smallest absolute Gasteiger partial charge is 0.295 e. The zero-order valence-electron chi connectivity index (χ0n) is 11.6. The monoisotopic (exact) mass is 274 g/mol. The number of pyridine rings is 1. The maximum absolute atomic E-state index is 11.0. The van der Waals surface area contributed by atoms with E-state index in [-0.39, 0.29) is 5.69 Å². The van der Waals surface area contributed by atoms with Crippen LogP contribution in [-0.4, -0.2) is 30.0 Å². The number of anilines is 1. The lowest BCUT2D eigenvalue weighted by Crippen LogP contribution is -2.22. The second-order valence-electron chi connectivity index (χ2n) is 4.83. The van der Waals surface area contributed by atoms with E-state index in [4.69, 9.17) is 0 Å². The van der Waals surface area contributed by atoms with Gasteiger partial charge in [0, 0.05) is 29.9 Å². The average molecular weight is 274 g/mol. The van der Waals surface area contributed by atoms with Gasteiger partial charge in [0.25, 0.3) is 5.69 Å². The zero-order valence-corrected chi connectivity index (χ0v) is 11.6. The molecule has 2 N–H and O–H groups in total. The molecule has 1 aromatic carbocycles. The predicted molar refractivity (Wildman–Crippen MR) is 80.0 cm³/mol. The quantitative estimate of drug-likeness (QED) is 0.624. The standard InChI is InChI=1S/C14H18N4O2/c1-10(8-15-2)9-17-12-6-7-16-14-11(12)4-3-5-13(14)18(19)20/h3-7,10,15H,8-9H2,1-2H3,(H,16,17). The van der Waals surface area contributed by atoms with Gasteiger partial charge in [-0.15, -0.1) is 0 Å². The van der Waals surface area contributed by atoms with E-state index < -0.39 is 4.92 Å². The molecule has 1 aromatic heterocycles. The number of para-hydroxylation sites is 1. The summed E-state index contributed by atoms with van der Waals surface area (Å²) >= 11 is 0. The number of nitrogens with zero attached hydrogens (tertiary/aromatic N) is 2. The van der Waals surface area contributed by atoms with Crippen molar-refractivity contribution >= 4 is 22.3 Å². The van der Waals surface area contributed by atoms with E-state index in [2.05, 4.69) is 22.5 Å². The second-order valence-corrected chi connectivity index (χ2v) is 4.83. The molecule has 6 heteroatoms. The number of hydrogen-bond donors (Lipinski definition) is 2. The van der Waals surface area contributed by atoms with Gasteiger partial charge in [-0.2, -0.15) is 0 Å². The van der Waals surface area contributed by atoms with Crippen molar-refractivity contribution in [2.75, 3.05) is 25.5 Å². The topological polar surface area (TPSA) is 80.1 Å². The van der Waals surface area contributed by atoms with Crippen molar-refractivity contribution in [1.82, 2.24) is 10.3 Å². The number of non-ortho nitro benzene ring substituents is 1. The summed E-state index contributed by atoms with van der Waals surface area (Å²) in [5.41, 5.74) is 1.33. The first-order valence-electron chi connectivity index (χ1n) is 6.54. The number of nitro groups is 1. The zero-order chi connectivity index (χ0) is 14.5. The Kier molecular flexibility index (Phi) is 4.47. The maximum atomic E-state index is 11.0. The molecule has 6 nitrogen and oxygen atoms in total. The van der Waals surface area contributed by atoms with E-state index in [1.807, 2.05) is 19.2 Å². The molecule has 106 valence electrons. The lowest BCUT2D eigenvalue weighted by atomic mass is 10.1. The molecule has 0 radical (unpaired) electrons. The average Bonchev–Trinajstić information content (AvgIpc) is 2.44. The fraction of sp³-hybridized carbons (Fsp3) is 0.357. The highest BCUT2D eigenvalue weighted by atomic mass is 16.6. The molecule has 2 rings (SSSR count). The van der Waals surface area contributed by atoms with Crippen molar-refractivity contribution in [3.8, 4) is 0 Å². The molecule has 2 aromatic rings. The minimum Gasteiger partial charge on any atom is -0.384 e. The Bertz CT molecular complexity index is 615. The van der Waals surface area contributed by atoms with Gasteiger partial charge in [0.05, 0.1) is 4.92 Å². The van der Waals surface area contributed by atoms with Crippen LogP contribution in [0.2, 0.25) is 0 Å². The van der Waals surface area contributed by atoms with E-state index in [1.165, 1.54) is 6.07 Å². The van der Waals surface area contributed by atoms with Crippen LogP contribution in [0.25, 0.3) is 10.9 Å². The molecule has 0 aliphatic rings. The normalized spacial score (nSPS) is 12.3. The highest BCUT2D eigenvalue weighted by Crippen LogP contribution is 2.28. The van der Waals surface area contributed by atoms with Crippen molar-refractivity contribution in [1.29, 1.82) is 0 Å². The SMILES string of the molecule is CNCC(C)CNc1ccnc2c([N+](=O)[O-])cccc12.